The second kappa shape index (κ2) is 8.21. The van der Waals surface area contributed by atoms with E-state index >= 15 is 0 Å². The molecule has 1 aromatic rings. The van der Waals surface area contributed by atoms with Crippen molar-refractivity contribution in [2.24, 2.45) is 5.92 Å². The molecule has 0 spiro atoms. The molecule has 1 aliphatic heterocycles. The van der Waals surface area contributed by atoms with Crippen LogP contribution in [0.1, 0.15) is 44.0 Å². The minimum absolute atomic E-state index is 0.0837. The zero-order valence-corrected chi connectivity index (χ0v) is 15.7. The maximum atomic E-state index is 12.4. The molecule has 0 atom stereocenters. The fraction of sp³-hybridized carbons (Fsp3) is 0.526. The minimum atomic E-state index is -0.526. The monoisotopic (exact) mass is 362 g/mol. The number of piperidine rings is 1. The van der Waals surface area contributed by atoms with Gasteiger partial charge in [-0.3, -0.25) is 4.79 Å². The zero-order valence-electron chi connectivity index (χ0n) is 15.7. The number of nitrogens with one attached hydrogen (secondary N) is 1. The van der Waals surface area contributed by atoms with Crippen molar-refractivity contribution in [2.45, 2.75) is 39.2 Å². The summed E-state index contributed by atoms with van der Waals surface area (Å²) in [5.74, 6) is -0.661. The number of carbonyl (C=O) groups excluding carboxylic acids is 3. The molecule has 1 heterocycles. The van der Waals surface area contributed by atoms with E-state index in [0.29, 0.717) is 37.2 Å². The number of likely N-dealkylation sites (tertiary alicyclic amines) is 1. The molecule has 2 amide bonds. The van der Waals surface area contributed by atoms with Gasteiger partial charge >= 0.3 is 12.1 Å². The fourth-order valence-corrected chi connectivity index (χ4v) is 2.70. The molecule has 1 N–H and O–H groups in total. The first-order valence-electron chi connectivity index (χ1n) is 8.67. The lowest BCUT2D eigenvalue weighted by molar-refractivity contribution is -0.121. The highest BCUT2D eigenvalue weighted by Crippen LogP contribution is 2.21. The maximum Gasteiger partial charge on any atom is 0.410 e. The van der Waals surface area contributed by atoms with Crippen LogP contribution in [-0.4, -0.2) is 48.7 Å². The summed E-state index contributed by atoms with van der Waals surface area (Å²) in [5.41, 5.74) is 0.523. The van der Waals surface area contributed by atoms with E-state index in [1.165, 1.54) is 7.11 Å². The van der Waals surface area contributed by atoms with Crippen molar-refractivity contribution in [3.05, 3.63) is 29.8 Å². The van der Waals surface area contributed by atoms with Crippen LogP contribution in [0.5, 0.6) is 0 Å². The van der Waals surface area contributed by atoms with Crippen molar-refractivity contribution >= 4 is 23.7 Å². The van der Waals surface area contributed by atoms with Crippen LogP contribution in [0.15, 0.2) is 24.3 Å². The predicted molar refractivity (Wildman–Crippen MR) is 96.9 cm³/mol. The molecule has 26 heavy (non-hydrogen) atoms. The number of rotatable bonds is 3. The molecule has 0 saturated carbocycles. The molecule has 1 saturated heterocycles. The van der Waals surface area contributed by atoms with Crippen LogP contribution in [0.4, 0.5) is 10.5 Å². The number of hydrogen-bond donors (Lipinski definition) is 1. The molecule has 0 aliphatic carbocycles. The molecule has 1 aliphatic rings. The van der Waals surface area contributed by atoms with Crippen LogP contribution in [-0.2, 0) is 14.3 Å². The molecule has 0 radical (unpaired) electrons. The Labute approximate surface area is 153 Å². The van der Waals surface area contributed by atoms with Gasteiger partial charge in [-0.05, 0) is 57.9 Å². The van der Waals surface area contributed by atoms with Gasteiger partial charge in [-0.1, -0.05) is 0 Å². The molecule has 0 aromatic heterocycles. The topological polar surface area (TPSA) is 84.9 Å². The van der Waals surface area contributed by atoms with Crippen LogP contribution in [0.2, 0.25) is 0 Å². The van der Waals surface area contributed by atoms with E-state index in [2.05, 4.69) is 10.1 Å². The molecule has 142 valence electrons. The average Bonchev–Trinajstić information content (AvgIpc) is 2.60. The Morgan fingerprint density at radius 2 is 1.65 bits per heavy atom. The third-order valence-electron chi connectivity index (χ3n) is 4.09. The van der Waals surface area contributed by atoms with Crippen LogP contribution in [0, 0.1) is 5.92 Å². The predicted octanol–water partition coefficient (Wildman–Crippen LogP) is 3.06. The number of benzene rings is 1. The Hall–Kier alpha value is -2.57. The van der Waals surface area contributed by atoms with E-state index in [9.17, 15) is 14.4 Å². The van der Waals surface area contributed by atoms with Gasteiger partial charge in [-0.15, -0.1) is 0 Å². The summed E-state index contributed by atoms with van der Waals surface area (Å²) >= 11 is 0. The van der Waals surface area contributed by atoms with E-state index in [-0.39, 0.29) is 17.9 Å². The molecule has 7 nitrogen and oxygen atoms in total. The lowest BCUT2D eigenvalue weighted by Gasteiger charge is -2.32. The third-order valence-corrected chi connectivity index (χ3v) is 4.09. The van der Waals surface area contributed by atoms with Crippen LogP contribution in [0.25, 0.3) is 0 Å². The first-order chi connectivity index (χ1) is 12.2. The van der Waals surface area contributed by atoms with Crippen molar-refractivity contribution in [3.8, 4) is 0 Å². The number of amides is 2. The molecule has 1 aromatic carbocycles. The van der Waals surface area contributed by atoms with E-state index in [1.54, 1.807) is 29.2 Å². The largest absolute Gasteiger partial charge is 0.465 e. The minimum Gasteiger partial charge on any atom is -0.465 e. The van der Waals surface area contributed by atoms with Gasteiger partial charge in [-0.2, -0.15) is 0 Å². The van der Waals surface area contributed by atoms with Gasteiger partial charge in [0.05, 0.1) is 12.7 Å². The Morgan fingerprint density at radius 3 is 2.15 bits per heavy atom. The zero-order chi connectivity index (χ0) is 19.3. The number of ether oxygens (including phenoxy) is 2. The average molecular weight is 362 g/mol. The molecular formula is C19H26N2O5. The standard InChI is InChI=1S/C19H26N2O5/c1-19(2,3)26-18(24)21-11-9-13(10-12-21)16(22)20-15-7-5-14(6-8-15)17(23)25-4/h5-8,13H,9-12H2,1-4H3,(H,20,22). The first kappa shape index (κ1) is 19.8. The second-order valence-corrected chi connectivity index (χ2v) is 7.30. The highest BCUT2D eigenvalue weighted by Gasteiger charge is 2.29. The van der Waals surface area contributed by atoms with Gasteiger partial charge < -0.3 is 19.7 Å². The quantitative estimate of drug-likeness (QED) is 0.836. The number of methoxy groups -OCH3 is 1. The lowest BCUT2D eigenvalue weighted by Crippen LogP contribution is -2.43. The second-order valence-electron chi connectivity index (χ2n) is 7.30. The highest BCUT2D eigenvalue weighted by molar-refractivity contribution is 5.94. The third kappa shape index (κ3) is 5.47. The van der Waals surface area contributed by atoms with Crippen LogP contribution < -0.4 is 5.32 Å². The van der Waals surface area contributed by atoms with Crippen molar-refractivity contribution in [1.29, 1.82) is 0 Å². The smallest absolute Gasteiger partial charge is 0.410 e. The first-order valence-corrected chi connectivity index (χ1v) is 8.67. The van der Waals surface area contributed by atoms with Gasteiger partial charge in [0.1, 0.15) is 5.60 Å². The highest BCUT2D eigenvalue weighted by atomic mass is 16.6. The van der Waals surface area contributed by atoms with E-state index in [4.69, 9.17) is 4.74 Å². The van der Waals surface area contributed by atoms with Crippen molar-refractivity contribution in [3.63, 3.8) is 0 Å². The van der Waals surface area contributed by atoms with Crippen molar-refractivity contribution < 1.29 is 23.9 Å². The summed E-state index contributed by atoms with van der Waals surface area (Å²) in [6.07, 6.45) is 0.839. The van der Waals surface area contributed by atoms with Gasteiger partial charge in [0.2, 0.25) is 5.91 Å². The molecule has 0 unspecified atom stereocenters. The van der Waals surface area contributed by atoms with Crippen LogP contribution in [0.3, 0.4) is 0 Å². The van der Waals surface area contributed by atoms with E-state index < -0.39 is 11.6 Å². The van der Waals surface area contributed by atoms with Gasteiger partial charge in [0.25, 0.3) is 0 Å². The molecule has 7 heteroatoms. The number of esters is 1. The van der Waals surface area contributed by atoms with Gasteiger partial charge in [-0.25, -0.2) is 9.59 Å². The van der Waals surface area contributed by atoms with Crippen molar-refractivity contribution in [2.75, 3.05) is 25.5 Å². The Morgan fingerprint density at radius 1 is 1.08 bits per heavy atom. The fourth-order valence-electron chi connectivity index (χ4n) is 2.70. The molecule has 2 rings (SSSR count). The molecule has 0 bridgehead atoms. The number of hydrogen-bond acceptors (Lipinski definition) is 5. The van der Waals surface area contributed by atoms with Gasteiger partial charge in [0.15, 0.2) is 0 Å². The number of nitrogens with zero attached hydrogens (tertiary/aromatic N) is 1. The van der Waals surface area contributed by atoms with E-state index in [0.717, 1.165) is 0 Å². The number of anilines is 1. The summed E-state index contributed by atoms with van der Waals surface area (Å²) in [6.45, 7) is 6.48. The maximum absolute atomic E-state index is 12.4. The SMILES string of the molecule is COC(=O)c1ccc(NC(=O)C2CCN(C(=O)OC(C)(C)C)CC2)cc1. The molecular weight excluding hydrogens is 336 g/mol. The Kier molecular flexibility index (Phi) is 6.23. The lowest BCUT2D eigenvalue weighted by atomic mass is 9.96. The number of carbonyl (C=O) groups is 3. The summed E-state index contributed by atoms with van der Waals surface area (Å²) in [6, 6.07) is 6.54. The Bertz CT molecular complexity index is 656. The van der Waals surface area contributed by atoms with E-state index in [1.807, 2.05) is 20.8 Å². The summed E-state index contributed by atoms with van der Waals surface area (Å²) in [5, 5.41) is 2.85. The van der Waals surface area contributed by atoms with Gasteiger partial charge in [0, 0.05) is 24.7 Å². The normalized spacial score (nSPS) is 15.3. The summed E-state index contributed by atoms with van der Waals surface area (Å²) in [7, 11) is 1.32. The van der Waals surface area contributed by atoms with Crippen LogP contribution >= 0.6 is 0 Å². The molecule has 1 fully saturated rings. The van der Waals surface area contributed by atoms with Crippen molar-refractivity contribution in [1.82, 2.24) is 4.90 Å². The summed E-state index contributed by atoms with van der Waals surface area (Å²) in [4.78, 5) is 37.5. The summed E-state index contributed by atoms with van der Waals surface area (Å²) < 4.78 is 10.0. The Balaban J connectivity index is 1.85.